The van der Waals surface area contributed by atoms with Gasteiger partial charge in [0.25, 0.3) is 0 Å². The number of benzene rings is 1. The molecule has 1 aromatic rings. The molecule has 0 atom stereocenters. The van der Waals surface area contributed by atoms with Crippen LogP contribution in [0.1, 0.15) is 10.4 Å². The van der Waals surface area contributed by atoms with Crippen molar-refractivity contribution in [1.29, 1.82) is 0 Å². The summed E-state index contributed by atoms with van der Waals surface area (Å²) < 4.78 is 0. The maximum Gasteiger partial charge on any atom is 1.00 e. The van der Waals surface area contributed by atoms with E-state index in [2.05, 4.69) is 0 Å². The van der Waals surface area contributed by atoms with Gasteiger partial charge in [0, 0.05) is 0 Å². The van der Waals surface area contributed by atoms with Gasteiger partial charge in [-0.05, 0) is 5.56 Å². The Morgan fingerprint density at radius 2 is 1.64 bits per heavy atom. The van der Waals surface area contributed by atoms with E-state index in [0.717, 1.165) is 0 Å². The summed E-state index contributed by atoms with van der Waals surface area (Å²) >= 11 is 0. The van der Waals surface area contributed by atoms with Gasteiger partial charge in [-0.15, -0.1) is 0 Å². The fraction of sp³-hybridized carbons (Fsp3) is 0. The molecule has 0 saturated heterocycles. The van der Waals surface area contributed by atoms with Crippen LogP contribution >= 0.6 is 0 Å². The maximum absolute atomic E-state index is 10.1. The number of carbonyl (C=O) groups excluding carboxylic acids is 1. The number of carboxylic acid groups (broad SMARTS) is 1. The minimum absolute atomic E-state index is 0. The van der Waals surface area contributed by atoms with Gasteiger partial charge in [-0.2, -0.15) is 0 Å². The number of aromatic carboxylic acids is 1. The minimum Gasteiger partial charge on any atom is -0.545 e. The van der Waals surface area contributed by atoms with Crippen molar-refractivity contribution in [3.63, 3.8) is 0 Å². The molecule has 0 aromatic heterocycles. The molecule has 54 valence electrons. The van der Waals surface area contributed by atoms with E-state index in [-0.39, 0.29) is 29.9 Å². The fourth-order valence-corrected chi connectivity index (χ4v) is 0.574. The molecule has 0 unspecified atom stereocenters. The van der Waals surface area contributed by atoms with Crippen molar-refractivity contribution in [2.75, 3.05) is 0 Å². The molecular formula is C7H7LiO3. The van der Waals surface area contributed by atoms with E-state index in [4.69, 9.17) is 0 Å². The normalized spacial score (nSPS) is 7.27. The molecule has 0 aliphatic rings. The number of carbonyl (C=O) groups is 1. The minimum atomic E-state index is -1.13. The van der Waals surface area contributed by atoms with E-state index in [1.54, 1.807) is 18.2 Å². The van der Waals surface area contributed by atoms with Crippen LogP contribution < -0.4 is 24.0 Å². The van der Waals surface area contributed by atoms with Crippen LogP contribution in [0.25, 0.3) is 0 Å². The van der Waals surface area contributed by atoms with E-state index in [0.29, 0.717) is 0 Å². The summed E-state index contributed by atoms with van der Waals surface area (Å²) in [5.74, 6) is -1.13. The van der Waals surface area contributed by atoms with Crippen LogP contribution in [-0.4, -0.2) is 11.4 Å². The molecule has 0 amide bonds. The van der Waals surface area contributed by atoms with Crippen molar-refractivity contribution in [2.45, 2.75) is 0 Å². The van der Waals surface area contributed by atoms with Gasteiger partial charge in [-0.25, -0.2) is 0 Å². The second-order valence-corrected chi connectivity index (χ2v) is 1.65. The summed E-state index contributed by atoms with van der Waals surface area (Å²) in [7, 11) is 0. The molecule has 0 heterocycles. The SMILES string of the molecule is O.O=C([O-])c1ccccc1.[Li+]. The average molecular weight is 146 g/mol. The first-order chi connectivity index (χ1) is 4.30. The topological polar surface area (TPSA) is 71.6 Å². The van der Waals surface area contributed by atoms with Crippen LogP contribution in [0.15, 0.2) is 30.3 Å². The van der Waals surface area contributed by atoms with Crippen molar-refractivity contribution >= 4 is 5.97 Å². The number of hydrogen-bond donors (Lipinski definition) is 0. The van der Waals surface area contributed by atoms with Crippen molar-refractivity contribution in [1.82, 2.24) is 0 Å². The molecule has 0 fully saturated rings. The van der Waals surface area contributed by atoms with E-state index in [9.17, 15) is 9.90 Å². The van der Waals surface area contributed by atoms with Gasteiger partial charge in [-0.3, -0.25) is 0 Å². The third-order valence-electron chi connectivity index (χ3n) is 1.01. The summed E-state index contributed by atoms with van der Waals surface area (Å²) in [6, 6.07) is 8.06. The Balaban J connectivity index is 0. The second kappa shape index (κ2) is 5.99. The van der Waals surface area contributed by atoms with Crippen LogP contribution in [0.3, 0.4) is 0 Å². The maximum atomic E-state index is 10.1. The molecular weight excluding hydrogens is 139 g/mol. The van der Waals surface area contributed by atoms with Gasteiger partial charge in [0.15, 0.2) is 0 Å². The number of rotatable bonds is 1. The molecule has 0 aliphatic carbocycles. The zero-order valence-corrected chi connectivity index (χ0v) is 6.20. The molecule has 0 spiro atoms. The summed E-state index contributed by atoms with van der Waals surface area (Å²) in [5.41, 5.74) is 0.220. The van der Waals surface area contributed by atoms with Gasteiger partial charge in [-0.1, -0.05) is 30.3 Å². The standard InChI is InChI=1S/C7H6O2.Li.H2O/c8-7(9)6-4-2-1-3-5-6;;/h1-5H,(H,8,9);;1H2/q;+1;/p-1. The van der Waals surface area contributed by atoms with Crippen LogP contribution in [-0.2, 0) is 0 Å². The Labute approximate surface area is 76.5 Å². The molecule has 0 radical (unpaired) electrons. The van der Waals surface area contributed by atoms with E-state index in [1.807, 2.05) is 0 Å². The van der Waals surface area contributed by atoms with Gasteiger partial charge in [0.1, 0.15) is 0 Å². The first-order valence-electron chi connectivity index (χ1n) is 2.57. The van der Waals surface area contributed by atoms with Gasteiger partial charge in [0.2, 0.25) is 0 Å². The van der Waals surface area contributed by atoms with E-state index >= 15 is 0 Å². The van der Waals surface area contributed by atoms with Crippen molar-refractivity contribution in [3.05, 3.63) is 35.9 Å². The van der Waals surface area contributed by atoms with E-state index < -0.39 is 5.97 Å². The van der Waals surface area contributed by atoms with Crippen molar-refractivity contribution < 1.29 is 34.2 Å². The third-order valence-corrected chi connectivity index (χ3v) is 1.01. The molecule has 4 heteroatoms. The Morgan fingerprint density at radius 1 is 1.18 bits per heavy atom. The van der Waals surface area contributed by atoms with E-state index in [1.165, 1.54) is 12.1 Å². The Kier molecular flexibility index (Phi) is 7.02. The summed E-state index contributed by atoms with van der Waals surface area (Å²) in [4.78, 5) is 10.1. The predicted octanol–water partition coefficient (Wildman–Crippen LogP) is -3.77. The van der Waals surface area contributed by atoms with Crippen LogP contribution in [0.2, 0.25) is 0 Å². The van der Waals surface area contributed by atoms with Crippen LogP contribution in [0.5, 0.6) is 0 Å². The molecule has 2 N–H and O–H groups in total. The van der Waals surface area contributed by atoms with Crippen LogP contribution in [0.4, 0.5) is 0 Å². The molecule has 1 rings (SSSR count). The molecule has 0 bridgehead atoms. The molecule has 3 nitrogen and oxygen atoms in total. The Bertz CT molecular complexity index is 210. The Morgan fingerprint density at radius 3 is 1.91 bits per heavy atom. The second-order valence-electron chi connectivity index (χ2n) is 1.65. The Hall–Kier alpha value is -0.753. The van der Waals surface area contributed by atoms with Crippen molar-refractivity contribution in [2.24, 2.45) is 0 Å². The molecule has 0 aliphatic heterocycles. The fourth-order valence-electron chi connectivity index (χ4n) is 0.574. The monoisotopic (exact) mass is 146 g/mol. The number of hydrogen-bond acceptors (Lipinski definition) is 2. The summed E-state index contributed by atoms with van der Waals surface area (Å²) in [5, 5.41) is 10.1. The first-order valence-corrected chi connectivity index (χ1v) is 2.57. The molecule has 0 saturated carbocycles. The third kappa shape index (κ3) is 3.84. The zero-order valence-electron chi connectivity index (χ0n) is 6.20. The molecule has 11 heavy (non-hydrogen) atoms. The van der Waals surface area contributed by atoms with Gasteiger partial charge in [0.05, 0.1) is 5.97 Å². The number of carboxylic acids is 1. The smallest absolute Gasteiger partial charge is 0.545 e. The molecule has 1 aromatic carbocycles. The predicted molar refractivity (Wildman–Crippen MR) is 34.4 cm³/mol. The zero-order chi connectivity index (χ0) is 6.69. The van der Waals surface area contributed by atoms with Gasteiger partial charge < -0.3 is 15.4 Å². The van der Waals surface area contributed by atoms with Gasteiger partial charge >= 0.3 is 18.9 Å². The average Bonchev–Trinajstić information content (AvgIpc) is 1.90. The summed E-state index contributed by atoms with van der Waals surface area (Å²) in [6.45, 7) is 0. The first kappa shape index (κ1) is 12.9. The summed E-state index contributed by atoms with van der Waals surface area (Å²) in [6.07, 6.45) is 0. The van der Waals surface area contributed by atoms with Crippen LogP contribution in [0, 0.1) is 0 Å². The van der Waals surface area contributed by atoms with Crippen molar-refractivity contribution in [3.8, 4) is 0 Å². The quantitative estimate of drug-likeness (QED) is 0.381. The largest absolute Gasteiger partial charge is 1.00 e.